The second-order valence-corrected chi connectivity index (χ2v) is 8.79. The minimum absolute atomic E-state index is 0.246. The number of hydrogen-bond acceptors (Lipinski definition) is 5. The van der Waals surface area contributed by atoms with Crippen molar-refractivity contribution in [3.05, 3.63) is 45.8 Å². The number of carbonyl (C=O) groups excluding carboxylic acids is 1. The number of nitrogens with zero attached hydrogens (tertiary/aromatic N) is 3. The van der Waals surface area contributed by atoms with Gasteiger partial charge in [0.2, 0.25) is 0 Å². The molecule has 3 heterocycles. The third kappa shape index (κ3) is 3.56. The van der Waals surface area contributed by atoms with E-state index in [0.29, 0.717) is 11.5 Å². The van der Waals surface area contributed by atoms with Crippen LogP contribution >= 0.6 is 22.9 Å². The highest BCUT2D eigenvalue weighted by molar-refractivity contribution is 7.19. The summed E-state index contributed by atoms with van der Waals surface area (Å²) in [4.78, 5) is 25.8. The highest BCUT2D eigenvalue weighted by atomic mass is 35.5. The Labute approximate surface area is 171 Å². The molecule has 0 radical (unpaired) electrons. The number of hydrogen-bond donors (Lipinski definition) is 1. The van der Waals surface area contributed by atoms with Gasteiger partial charge >= 0.3 is 0 Å². The Morgan fingerprint density at radius 1 is 1.39 bits per heavy atom. The van der Waals surface area contributed by atoms with Gasteiger partial charge in [-0.1, -0.05) is 18.5 Å². The normalized spacial score (nSPS) is 17.1. The molecule has 1 N–H and O–H groups in total. The molecule has 0 spiro atoms. The molecule has 1 aliphatic rings. The predicted octanol–water partition coefficient (Wildman–Crippen LogP) is 5.28. The van der Waals surface area contributed by atoms with Gasteiger partial charge in [0.1, 0.15) is 22.8 Å². The minimum atomic E-state index is -0.460. The molecule has 1 fully saturated rings. The molecule has 146 valence electrons. The van der Waals surface area contributed by atoms with Gasteiger partial charge in [0.15, 0.2) is 0 Å². The van der Waals surface area contributed by atoms with E-state index in [1.54, 1.807) is 6.33 Å². The summed E-state index contributed by atoms with van der Waals surface area (Å²) >= 11 is 7.58. The summed E-state index contributed by atoms with van der Waals surface area (Å²) in [6, 6.07) is 3.90. The van der Waals surface area contributed by atoms with Gasteiger partial charge < -0.3 is 10.2 Å². The number of anilines is 2. The Hall–Kier alpha value is -2.25. The van der Waals surface area contributed by atoms with E-state index in [2.05, 4.69) is 27.1 Å². The molecule has 0 unspecified atom stereocenters. The Balaban J connectivity index is 1.77. The van der Waals surface area contributed by atoms with E-state index in [-0.39, 0.29) is 16.6 Å². The second kappa shape index (κ2) is 7.64. The van der Waals surface area contributed by atoms with Gasteiger partial charge in [0.05, 0.1) is 21.7 Å². The maximum atomic E-state index is 13.6. The van der Waals surface area contributed by atoms with E-state index in [0.717, 1.165) is 40.4 Å². The number of aromatic nitrogens is 2. The molecule has 2 aromatic heterocycles. The quantitative estimate of drug-likeness (QED) is 0.628. The number of carbonyl (C=O) groups is 1. The lowest BCUT2D eigenvalue weighted by atomic mass is 10.00. The molecule has 1 aliphatic heterocycles. The number of nitrogens with one attached hydrogen (secondary N) is 1. The van der Waals surface area contributed by atoms with E-state index < -0.39 is 5.82 Å². The number of piperidine rings is 1. The summed E-state index contributed by atoms with van der Waals surface area (Å²) in [6.45, 7) is 5.92. The number of halogens is 2. The zero-order valence-corrected chi connectivity index (χ0v) is 17.2. The first-order valence-corrected chi connectivity index (χ1v) is 10.4. The van der Waals surface area contributed by atoms with Gasteiger partial charge in [0.25, 0.3) is 5.91 Å². The van der Waals surface area contributed by atoms with E-state index in [9.17, 15) is 9.18 Å². The fraction of sp³-hybridized carbons (Fsp3) is 0.350. The van der Waals surface area contributed by atoms with Crippen molar-refractivity contribution >= 4 is 50.6 Å². The van der Waals surface area contributed by atoms with Crippen LogP contribution in [0.15, 0.2) is 24.5 Å². The smallest absolute Gasteiger partial charge is 0.257 e. The van der Waals surface area contributed by atoms with Crippen LogP contribution in [0.3, 0.4) is 0 Å². The van der Waals surface area contributed by atoms with Gasteiger partial charge in [-0.2, -0.15) is 0 Å². The van der Waals surface area contributed by atoms with Gasteiger partial charge in [-0.25, -0.2) is 14.4 Å². The summed E-state index contributed by atoms with van der Waals surface area (Å²) in [5.41, 5.74) is 0.768. The van der Waals surface area contributed by atoms with E-state index in [1.807, 2.05) is 6.92 Å². The van der Waals surface area contributed by atoms with Crippen molar-refractivity contribution in [2.75, 3.05) is 23.3 Å². The summed E-state index contributed by atoms with van der Waals surface area (Å²) in [6.07, 6.45) is 3.84. The van der Waals surface area contributed by atoms with Crippen LogP contribution in [0, 0.1) is 18.7 Å². The number of amides is 1. The topological polar surface area (TPSA) is 58.1 Å². The van der Waals surface area contributed by atoms with Crippen LogP contribution in [0.5, 0.6) is 0 Å². The highest BCUT2D eigenvalue weighted by Gasteiger charge is 2.26. The van der Waals surface area contributed by atoms with Crippen molar-refractivity contribution in [2.24, 2.45) is 5.92 Å². The molecule has 1 aromatic carbocycles. The molecule has 5 nitrogen and oxygen atoms in total. The standard InChI is InChI=1S/C20H20ClFN4OS/c1-11-4-3-7-26(9-11)18-17-16(12(2)28-20(17)24-10-23-18)19(27)25-15-8-13(22)5-6-14(15)21/h5-6,8,10-11H,3-4,7,9H2,1-2H3,(H,25,27)/t11-/m0/s1. The first kappa shape index (κ1) is 19.1. The molecule has 3 aromatic rings. The molecule has 8 heteroatoms. The second-order valence-electron chi connectivity index (χ2n) is 7.18. The molecular formula is C20H20ClFN4OS. The molecule has 0 aliphatic carbocycles. The van der Waals surface area contributed by atoms with Crippen molar-refractivity contribution in [1.82, 2.24) is 9.97 Å². The van der Waals surface area contributed by atoms with Crippen molar-refractivity contribution in [2.45, 2.75) is 26.7 Å². The third-order valence-electron chi connectivity index (χ3n) is 5.00. The van der Waals surface area contributed by atoms with E-state index >= 15 is 0 Å². The monoisotopic (exact) mass is 418 g/mol. The summed E-state index contributed by atoms with van der Waals surface area (Å²) in [7, 11) is 0. The van der Waals surface area contributed by atoms with Gasteiger partial charge in [-0.05, 0) is 43.9 Å². The maximum Gasteiger partial charge on any atom is 0.257 e. The molecule has 1 saturated heterocycles. The summed E-state index contributed by atoms with van der Waals surface area (Å²) < 4.78 is 13.6. The number of rotatable bonds is 3. The Kier molecular flexibility index (Phi) is 5.21. The molecule has 4 rings (SSSR count). The van der Waals surface area contributed by atoms with Crippen molar-refractivity contribution in [3.8, 4) is 0 Å². The minimum Gasteiger partial charge on any atom is -0.356 e. The van der Waals surface area contributed by atoms with Gasteiger partial charge in [-0.3, -0.25) is 4.79 Å². The zero-order chi connectivity index (χ0) is 19.8. The van der Waals surface area contributed by atoms with E-state index in [1.165, 1.54) is 36.0 Å². The number of fused-ring (bicyclic) bond motifs is 1. The van der Waals surface area contributed by atoms with Gasteiger partial charge in [-0.15, -0.1) is 11.3 Å². The number of benzene rings is 1. The Morgan fingerprint density at radius 3 is 3.00 bits per heavy atom. The molecule has 1 atom stereocenters. The fourth-order valence-electron chi connectivity index (χ4n) is 3.70. The lowest BCUT2D eigenvalue weighted by Crippen LogP contribution is -2.35. The SMILES string of the molecule is Cc1sc2ncnc(N3CCC[C@H](C)C3)c2c1C(=O)Nc1cc(F)ccc1Cl. The average molecular weight is 419 g/mol. The van der Waals surface area contributed by atoms with Crippen LogP contribution in [-0.4, -0.2) is 29.0 Å². The first-order chi connectivity index (χ1) is 13.4. The predicted molar refractivity (Wildman–Crippen MR) is 112 cm³/mol. The van der Waals surface area contributed by atoms with Crippen LogP contribution in [0.4, 0.5) is 15.9 Å². The van der Waals surface area contributed by atoms with Crippen LogP contribution in [0.2, 0.25) is 5.02 Å². The lowest BCUT2D eigenvalue weighted by Gasteiger charge is -2.32. The zero-order valence-electron chi connectivity index (χ0n) is 15.6. The van der Waals surface area contributed by atoms with Crippen molar-refractivity contribution < 1.29 is 9.18 Å². The van der Waals surface area contributed by atoms with Gasteiger partial charge in [0, 0.05) is 18.0 Å². The Morgan fingerprint density at radius 2 is 2.21 bits per heavy atom. The third-order valence-corrected chi connectivity index (χ3v) is 6.35. The number of thiophene rings is 1. The van der Waals surface area contributed by atoms with E-state index in [4.69, 9.17) is 11.6 Å². The average Bonchev–Trinajstić information content (AvgIpc) is 3.00. The first-order valence-electron chi connectivity index (χ1n) is 9.19. The molecule has 0 saturated carbocycles. The van der Waals surface area contributed by atoms with Crippen molar-refractivity contribution in [3.63, 3.8) is 0 Å². The Bertz CT molecular complexity index is 1050. The molecule has 0 bridgehead atoms. The van der Waals surface area contributed by atoms with Crippen LogP contribution in [-0.2, 0) is 0 Å². The maximum absolute atomic E-state index is 13.6. The molecular weight excluding hydrogens is 399 g/mol. The number of aryl methyl sites for hydroxylation is 1. The summed E-state index contributed by atoms with van der Waals surface area (Å²) in [5, 5.41) is 3.79. The van der Waals surface area contributed by atoms with Crippen LogP contribution in [0.1, 0.15) is 35.0 Å². The van der Waals surface area contributed by atoms with Crippen LogP contribution in [0.25, 0.3) is 10.2 Å². The van der Waals surface area contributed by atoms with Crippen molar-refractivity contribution in [1.29, 1.82) is 0 Å². The summed E-state index contributed by atoms with van der Waals surface area (Å²) in [5.74, 6) is 0.563. The highest BCUT2D eigenvalue weighted by Crippen LogP contribution is 2.37. The fourth-order valence-corrected chi connectivity index (χ4v) is 4.85. The molecule has 1 amide bonds. The lowest BCUT2D eigenvalue weighted by molar-refractivity contribution is 0.102. The molecule has 28 heavy (non-hydrogen) atoms. The van der Waals surface area contributed by atoms with Crippen LogP contribution < -0.4 is 10.2 Å². The largest absolute Gasteiger partial charge is 0.356 e.